The maximum Gasteiger partial charge on any atom is 0.306 e. The first kappa shape index (κ1) is 22.7. The maximum atomic E-state index is 12.8. The summed E-state index contributed by atoms with van der Waals surface area (Å²) in [5.74, 6) is -0.789. The third kappa shape index (κ3) is 7.68. The zero-order valence-electron chi connectivity index (χ0n) is 17.4. The molecule has 2 atom stereocenters. The predicted molar refractivity (Wildman–Crippen MR) is 120 cm³/mol. The van der Waals surface area contributed by atoms with Crippen LogP contribution in [0.2, 0.25) is 0 Å². The highest BCUT2D eigenvalue weighted by Gasteiger charge is 2.22. The van der Waals surface area contributed by atoms with Gasteiger partial charge in [0, 0.05) is 23.6 Å². The summed E-state index contributed by atoms with van der Waals surface area (Å²) in [5, 5.41) is 7.80. The molecule has 1 aromatic heterocycles. The van der Waals surface area contributed by atoms with E-state index >= 15 is 0 Å². The van der Waals surface area contributed by atoms with Gasteiger partial charge in [0.1, 0.15) is 6.10 Å². The van der Waals surface area contributed by atoms with Gasteiger partial charge >= 0.3 is 5.97 Å². The highest BCUT2D eigenvalue weighted by atomic mass is 32.1. The lowest BCUT2D eigenvalue weighted by molar-refractivity contribution is -0.150. The monoisotopic (exact) mass is 440 g/mol. The van der Waals surface area contributed by atoms with E-state index in [-0.39, 0.29) is 36.7 Å². The molecule has 2 aromatic rings. The second kappa shape index (κ2) is 12.1. The minimum atomic E-state index is -0.532. The van der Waals surface area contributed by atoms with Gasteiger partial charge < -0.3 is 15.4 Å². The summed E-state index contributed by atoms with van der Waals surface area (Å²) in [4.78, 5) is 38.3. The summed E-state index contributed by atoms with van der Waals surface area (Å²) in [6.45, 7) is 0.719. The number of nitrogens with one attached hydrogen (secondary N) is 2. The second-order valence-electron chi connectivity index (χ2n) is 7.47. The van der Waals surface area contributed by atoms with Crippen molar-refractivity contribution < 1.29 is 19.1 Å². The fourth-order valence-corrected chi connectivity index (χ4v) is 4.02. The van der Waals surface area contributed by atoms with E-state index in [4.69, 9.17) is 4.74 Å². The molecule has 0 radical (unpaired) electrons. The van der Waals surface area contributed by atoms with Crippen LogP contribution in [-0.2, 0) is 25.7 Å². The van der Waals surface area contributed by atoms with Crippen molar-refractivity contribution in [3.63, 3.8) is 0 Å². The molecule has 2 N–H and O–H groups in total. The Kier molecular flexibility index (Phi) is 8.84. The molecule has 2 heterocycles. The molecule has 31 heavy (non-hydrogen) atoms. The summed E-state index contributed by atoms with van der Waals surface area (Å²) in [5.41, 5.74) is 0.841. The predicted octanol–water partition coefficient (Wildman–Crippen LogP) is 3.90. The molecule has 0 saturated heterocycles. The Hall–Kier alpha value is -2.93. The normalized spacial score (nSPS) is 21.2. The Bertz CT molecular complexity index is 880. The molecule has 6 nitrogen and oxygen atoms in total. The molecular weight excluding hydrogens is 412 g/mol. The van der Waals surface area contributed by atoms with Crippen molar-refractivity contribution in [2.24, 2.45) is 5.92 Å². The molecule has 7 heteroatoms. The van der Waals surface area contributed by atoms with Gasteiger partial charge in [0.05, 0.1) is 13.1 Å². The van der Waals surface area contributed by atoms with Crippen molar-refractivity contribution in [3.05, 3.63) is 70.4 Å². The third-order valence-corrected chi connectivity index (χ3v) is 6.02. The first-order chi connectivity index (χ1) is 15.1. The lowest BCUT2D eigenvalue weighted by atomic mass is 9.97. The molecule has 3 rings (SSSR count). The van der Waals surface area contributed by atoms with Crippen LogP contribution in [0.3, 0.4) is 0 Å². The van der Waals surface area contributed by atoms with Crippen molar-refractivity contribution in [2.45, 2.75) is 44.8 Å². The highest BCUT2D eigenvalue weighted by molar-refractivity contribution is 7.09. The van der Waals surface area contributed by atoms with Crippen LogP contribution < -0.4 is 10.6 Å². The van der Waals surface area contributed by atoms with Crippen molar-refractivity contribution in [1.82, 2.24) is 10.6 Å². The molecule has 1 aliphatic rings. The number of thiophene rings is 1. The lowest BCUT2D eigenvalue weighted by Crippen LogP contribution is -2.35. The van der Waals surface area contributed by atoms with Gasteiger partial charge in [-0.15, -0.1) is 11.3 Å². The smallest absolute Gasteiger partial charge is 0.306 e. The Morgan fingerprint density at radius 2 is 1.97 bits per heavy atom. The van der Waals surface area contributed by atoms with Gasteiger partial charge in [0.25, 0.3) is 0 Å². The Morgan fingerprint density at radius 1 is 1.13 bits per heavy atom. The van der Waals surface area contributed by atoms with Crippen LogP contribution in [0.5, 0.6) is 0 Å². The number of hydrogen-bond acceptors (Lipinski definition) is 5. The number of carbonyl (C=O) groups is 3. The van der Waals surface area contributed by atoms with E-state index in [9.17, 15) is 14.4 Å². The minimum absolute atomic E-state index is 0.0626. The van der Waals surface area contributed by atoms with Gasteiger partial charge in [-0.1, -0.05) is 48.6 Å². The number of carbonyl (C=O) groups excluding carboxylic acids is 3. The molecule has 1 aromatic carbocycles. The van der Waals surface area contributed by atoms with Crippen LogP contribution in [0.4, 0.5) is 0 Å². The zero-order chi connectivity index (χ0) is 21.9. The summed E-state index contributed by atoms with van der Waals surface area (Å²) in [6.07, 6.45) is 5.43. The Labute approximate surface area is 186 Å². The van der Waals surface area contributed by atoms with Gasteiger partial charge in [0.15, 0.2) is 0 Å². The fourth-order valence-electron chi connectivity index (χ4n) is 3.38. The zero-order valence-corrected chi connectivity index (χ0v) is 18.2. The molecular formula is C24H28N2O4S. The number of ether oxygens (including phenoxy) is 1. The molecule has 1 aliphatic heterocycles. The molecule has 2 amide bonds. The first-order valence-electron chi connectivity index (χ1n) is 10.6. The second-order valence-corrected chi connectivity index (χ2v) is 8.50. The number of cyclic esters (lactones) is 1. The van der Waals surface area contributed by atoms with E-state index in [1.807, 2.05) is 60.0 Å². The van der Waals surface area contributed by atoms with Crippen LogP contribution in [0.25, 0.3) is 0 Å². The van der Waals surface area contributed by atoms with E-state index in [0.717, 1.165) is 10.4 Å². The van der Waals surface area contributed by atoms with Gasteiger partial charge in [-0.3, -0.25) is 14.4 Å². The summed E-state index contributed by atoms with van der Waals surface area (Å²) >= 11 is 1.60. The molecule has 0 fully saturated rings. The first-order valence-corrected chi connectivity index (χ1v) is 11.5. The van der Waals surface area contributed by atoms with Gasteiger partial charge in [-0.2, -0.15) is 0 Å². The van der Waals surface area contributed by atoms with E-state index < -0.39 is 6.10 Å². The third-order valence-electron chi connectivity index (χ3n) is 5.14. The quantitative estimate of drug-likeness (QED) is 0.527. The van der Waals surface area contributed by atoms with Crippen LogP contribution in [0.15, 0.2) is 60.0 Å². The van der Waals surface area contributed by atoms with Crippen molar-refractivity contribution in [3.8, 4) is 0 Å². The van der Waals surface area contributed by atoms with Gasteiger partial charge in [0.2, 0.25) is 11.8 Å². The van der Waals surface area contributed by atoms with E-state index in [1.165, 1.54) is 0 Å². The van der Waals surface area contributed by atoms with Crippen LogP contribution >= 0.6 is 11.3 Å². The summed E-state index contributed by atoms with van der Waals surface area (Å²) < 4.78 is 5.61. The number of hydrogen-bond donors (Lipinski definition) is 2. The molecule has 0 saturated carbocycles. The largest absolute Gasteiger partial charge is 0.456 e. The average Bonchev–Trinajstić information content (AvgIpc) is 3.30. The van der Waals surface area contributed by atoms with Gasteiger partial charge in [-0.05, 0) is 36.3 Å². The topological polar surface area (TPSA) is 84.5 Å². The van der Waals surface area contributed by atoms with Crippen molar-refractivity contribution in [2.75, 3.05) is 6.54 Å². The lowest BCUT2D eigenvalue weighted by Gasteiger charge is -2.22. The van der Waals surface area contributed by atoms with E-state index in [0.29, 0.717) is 32.2 Å². The van der Waals surface area contributed by atoms with Crippen LogP contribution in [0, 0.1) is 5.92 Å². The molecule has 0 aliphatic carbocycles. The molecule has 0 bridgehead atoms. The Balaban J connectivity index is 1.58. The molecule has 164 valence electrons. The van der Waals surface area contributed by atoms with E-state index in [2.05, 4.69) is 10.6 Å². The standard InChI is InChI=1S/C24H28N2O4S/c27-22(25-16-20-11-7-15-31-20)14-13-19-10-5-2-6-12-23(28)30-21(17-26-24(19)29)18-8-3-1-4-9-18/h1-5,7-9,11,15,19,21H,6,10,12-14,16-17H2,(H,25,27)(H,26,29)/b5-2+/t19-,21-/m0/s1. The average molecular weight is 441 g/mol. The Morgan fingerprint density at radius 3 is 2.74 bits per heavy atom. The van der Waals surface area contributed by atoms with Crippen LogP contribution in [-0.4, -0.2) is 24.3 Å². The van der Waals surface area contributed by atoms with E-state index in [1.54, 1.807) is 11.3 Å². The molecule has 0 unspecified atom stereocenters. The minimum Gasteiger partial charge on any atom is -0.456 e. The number of esters is 1. The molecule has 0 spiro atoms. The van der Waals surface area contributed by atoms with Crippen LogP contribution in [0.1, 0.15) is 48.6 Å². The number of amides is 2. The van der Waals surface area contributed by atoms with Gasteiger partial charge in [-0.25, -0.2) is 0 Å². The summed E-state index contributed by atoms with van der Waals surface area (Å²) in [7, 11) is 0. The number of allylic oxidation sites excluding steroid dienone is 2. The maximum absolute atomic E-state index is 12.8. The van der Waals surface area contributed by atoms with Crippen molar-refractivity contribution >= 4 is 29.1 Å². The highest BCUT2D eigenvalue weighted by Crippen LogP contribution is 2.20. The van der Waals surface area contributed by atoms with Crippen molar-refractivity contribution in [1.29, 1.82) is 0 Å². The number of benzene rings is 1. The fraction of sp³-hybridized carbons (Fsp3) is 0.375. The summed E-state index contributed by atoms with van der Waals surface area (Å²) in [6, 6.07) is 13.3. The number of rotatable bonds is 6. The SMILES string of the molecule is O=C(CC[C@@H]1C/C=C/CCC(=O)O[C@H](c2ccccc2)CNC1=O)NCc1cccs1.